The first kappa shape index (κ1) is 20.6. The van der Waals surface area contributed by atoms with Crippen LogP contribution >= 0.6 is 11.6 Å². The molecule has 0 radical (unpaired) electrons. The van der Waals surface area contributed by atoms with Crippen LogP contribution in [0.5, 0.6) is 0 Å². The Morgan fingerprint density at radius 3 is 2.32 bits per heavy atom. The first-order chi connectivity index (χ1) is 13.6. The Hall–Kier alpha value is -2.10. The summed E-state index contributed by atoms with van der Waals surface area (Å²) in [5.74, 6) is 0.646. The maximum absolute atomic E-state index is 13.0. The number of carbonyl (C=O) groups excluding carboxylic acids is 1. The van der Waals surface area contributed by atoms with E-state index >= 15 is 0 Å². The van der Waals surface area contributed by atoms with Crippen molar-refractivity contribution in [2.75, 3.05) is 13.6 Å². The van der Waals surface area contributed by atoms with Crippen molar-refractivity contribution in [2.45, 2.75) is 44.2 Å². The highest BCUT2D eigenvalue weighted by atomic mass is 35.5. The van der Waals surface area contributed by atoms with Crippen LogP contribution in [0.2, 0.25) is 5.02 Å². The molecule has 1 saturated carbocycles. The van der Waals surface area contributed by atoms with Crippen LogP contribution in [0.15, 0.2) is 61.2 Å². The molecule has 3 rings (SSSR count). The molecule has 1 N–H and O–H groups in total. The molecular weight excluding hydrogens is 368 g/mol. The number of carbonyl (C=O) groups is 1. The summed E-state index contributed by atoms with van der Waals surface area (Å²) in [5, 5.41) is 3.83. The molecule has 1 amide bonds. The number of hydrogen-bond acceptors (Lipinski definition) is 2. The van der Waals surface area contributed by atoms with E-state index in [9.17, 15) is 4.79 Å². The molecule has 3 nitrogen and oxygen atoms in total. The Labute approximate surface area is 173 Å². The molecule has 0 bridgehead atoms. The molecule has 0 unspecified atom stereocenters. The van der Waals surface area contributed by atoms with E-state index in [1.807, 2.05) is 18.0 Å². The van der Waals surface area contributed by atoms with Crippen LogP contribution in [0.1, 0.15) is 53.1 Å². The number of nitrogens with one attached hydrogen (secondary N) is 1. The first-order valence-corrected chi connectivity index (χ1v) is 10.4. The van der Waals surface area contributed by atoms with Crippen LogP contribution in [0.25, 0.3) is 0 Å². The molecule has 4 heteroatoms. The molecule has 0 aromatic heterocycles. The van der Waals surface area contributed by atoms with Crippen molar-refractivity contribution < 1.29 is 4.79 Å². The van der Waals surface area contributed by atoms with Gasteiger partial charge in [-0.25, -0.2) is 0 Å². The second-order valence-electron chi connectivity index (χ2n) is 7.53. The Kier molecular flexibility index (Phi) is 7.30. The number of rotatable bonds is 7. The summed E-state index contributed by atoms with van der Waals surface area (Å²) in [6, 6.07) is 16.4. The zero-order chi connectivity index (χ0) is 19.9. The predicted molar refractivity (Wildman–Crippen MR) is 117 cm³/mol. The third-order valence-corrected chi connectivity index (χ3v) is 5.90. The van der Waals surface area contributed by atoms with Gasteiger partial charge in [-0.3, -0.25) is 4.79 Å². The largest absolute Gasteiger partial charge is 0.332 e. The van der Waals surface area contributed by atoms with E-state index in [-0.39, 0.29) is 11.9 Å². The van der Waals surface area contributed by atoms with Gasteiger partial charge >= 0.3 is 0 Å². The van der Waals surface area contributed by atoms with Crippen molar-refractivity contribution in [3.63, 3.8) is 0 Å². The van der Waals surface area contributed by atoms with Crippen LogP contribution < -0.4 is 5.32 Å². The zero-order valence-corrected chi connectivity index (χ0v) is 17.3. The zero-order valence-electron chi connectivity index (χ0n) is 16.5. The number of nitrogens with zero attached hydrogens (tertiary/aromatic N) is 1. The fourth-order valence-electron chi connectivity index (χ4n) is 4.13. The van der Waals surface area contributed by atoms with Crippen molar-refractivity contribution in [1.82, 2.24) is 10.2 Å². The van der Waals surface area contributed by atoms with Gasteiger partial charge in [-0.2, -0.15) is 0 Å². The van der Waals surface area contributed by atoms with Crippen molar-refractivity contribution in [1.29, 1.82) is 0 Å². The summed E-state index contributed by atoms with van der Waals surface area (Å²) in [7, 11) is 1.97. The molecule has 1 aliphatic rings. The lowest BCUT2D eigenvalue weighted by Crippen LogP contribution is -2.42. The van der Waals surface area contributed by atoms with Gasteiger partial charge in [-0.15, -0.1) is 6.58 Å². The molecule has 0 saturated heterocycles. The monoisotopic (exact) mass is 396 g/mol. The highest BCUT2D eigenvalue weighted by molar-refractivity contribution is 6.30. The summed E-state index contributed by atoms with van der Waals surface area (Å²) in [4.78, 5) is 15.0. The number of hydrogen-bond donors (Lipinski definition) is 1. The summed E-state index contributed by atoms with van der Waals surface area (Å²) >= 11 is 5.96. The van der Waals surface area contributed by atoms with Gasteiger partial charge in [0.1, 0.15) is 0 Å². The lowest BCUT2D eigenvalue weighted by molar-refractivity contribution is 0.0655. The maximum atomic E-state index is 13.0. The molecule has 0 atom stereocenters. The molecule has 1 fully saturated rings. The fraction of sp³-hybridized carbons (Fsp3) is 0.375. The minimum atomic E-state index is 0.0661. The van der Waals surface area contributed by atoms with E-state index in [1.54, 1.807) is 24.3 Å². The van der Waals surface area contributed by atoms with Crippen molar-refractivity contribution >= 4 is 17.5 Å². The maximum Gasteiger partial charge on any atom is 0.254 e. The minimum absolute atomic E-state index is 0.0661. The lowest BCUT2D eigenvalue weighted by atomic mass is 9.81. The smallest absolute Gasteiger partial charge is 0.254 e. The van der Waals surface area contributed by atoms with E-state index in [0.29, 0.717) is 23.0 Å². The topological polar surface area (TPSA) is 32.3 Å². The lowest BCUT2D eigenvalue weighted by Gasteiger charge is -2.36. The van der Waals surface area contributed by atoms with Gasteiger partial charge in [0.15, 0.2) is 0 Å². The van der Waals surface area contributed by atoms with Crippen LogP contribution in [0.3, 0.4) is 0 Å². The SMILES string of the molecule is C=CCN(C(=O)c1ccc(Cl)cc1)C1CCC(c2ccc(CNC)cc2)CC1. The highest BCUT2D eigenvalue weighted by Gasteiger charge is 2.29. The summed E-state index contributed by atoms with van der Waals surface area (Å²) < 4.78 is 0. The van der Waals surface area contributed by atoms with Gasteiger partial charge in [-0.05, 0) is 74.0 Å². The molecule has 28 heavy (non-hydrogen) atoms. The van der Waals surface area contributed by atoms with Crippen LogP contribution in [-0.2, 0) is 6.54 Å². The average Bonchev–Trinajstić information content (AvgIpc) is 2.73. The molecule has 148 valence electrons. The molecule has 2 aromatic rings. The molecule has 1 aliphatic carbocycles. The van der Waals surface area contributed by atoms with E-state index < -0.39 is 0 Å². The van der Waals surface area contributed by atoms with Crippen LogP contribution in [-0.4, -0.2) is 30.4 Å². The summed E-state index contributed by atoms with van der Waals surface area (Å²) in [5.41, 5.74) is 3.41. The van der Waals surface area contributed by atoms with Crippen molar-refractivity contribution in [3.8, 4) is 0 Å². The Bertz CT molecular complexity index is 777. The van der Waals surface area contributed by atoms with E-state index in [4.69, 9.17) is 11.6 Å². The third-order valence-electron chi connectivity index (χ3n) is 5.65. The molecule has 2 aromatic carbocycles. The quantitative estimate of drug-likeness (QED) is 0.634. The molecule has 0 aliphatic heterocycles. The van der Waals surface area contributed by atoms with E-state index in [2.05, 4.69) is 36.2 Å². The second-order valence-corrected chi connectivity index (χ2v) is 7.97. The number of halogens is 1. The molecule has 0 heterocycles. The Balaban J connectivity index is 1.64. The highest BCUT2D eigenvalue weighted by Crippen LogP contribution is 2.35. The van der Waals surface area contributed by atoms with Gasteiger partial charge in [0.05, 0.1) is 0 Å². The van der Waals surface area contributed by atoms with Crippen LogP contribution in [0.4, 0.5) is 0 Å². The third kappa shape index (κ3) is 5.03. The summed E-state index contributed by atoms with van der Waals surface area (Å²) in [6.07, 6.45) is 6.09. The van der Waals surface area contributed by atoms with Crippen molar-refractivity contribution in [2.24, 2.45) is 0 Å². The van der Waals surface area contributed by atoms with Gasteiger partial charge in [0, 0.05) is 29.7 Å². The van der Waals surface area contributed by atoms with Crippen LogP contribution in [0, 0.1) is 0 Å². The Morgan fingerprint density at radius 2 is 1.75 bits per heavy atom. The van der Waals surface area contributed by atoms with E-state index in [0.717, 1.165) is 32.2 Å². The minimum Gasteiger partial charge on any atom is -0.332 e. The second kappa shape index (κ2) is 9.90. The average molecular weight is 397 g/mol. The molecular formula is C24H29ClN2O. The van der Waals surface area contributed by atoms with Gasteiger partial charge in [0.2, 0.25) is 0 Å². The first-order valence-electron chi connectivity index (χ1n) is 10.0. The molecule has 0 spiro atoms. The number of amides is 1. The van der Waals surface area contributed by atoms with Gasteiger partial charge in [0.25, 0.3) is 5.91 Å². The fourth-order valence-corrected chi connectivity index (χ4v) is 4.25. The normalized spacial score (nSPS) is 19.2. The predicted octanol–water partition coefficient (Wildman–Crippen LogP) is 5.41. The standard InChI is InChI=1S/C24H29ClN2O/c1-3-16-27(24(28)21-8-12-22(25)13-9-21)23-14-10-20(11-15-23)19-6-4-18(5-7-19)17-26-2/h3-9,12-13,20,23,26H,1,10-11,14-17H2,2H3. The summed E-state index contributed by atoms with van der Waals surface area (Å²) in [6.45, 7) is 5.33. The Morgan fingerprint density at radius 1 is 1.11 bits per heavy atom. The van der Waals surface area contributed by atoms with Crippen molar-refractivity contribution in [3.05, 3.63) is 82.9 Å². The van der Waals surface area contributed by atoms with Gasteiger partial charge < -0.3 is 10.2 Å². The van der Waals surface area contributed by atoms with E-state index in [1.165, 1.54) is 11.1 Å². The number of benzene rings is 2. The van der Waals surface area contributed by atoms with Gasteiger partial charge in [-0.1, -0.05) is 41.9 Å².